The fourth-order valence-electron chi connectivity index (χ4n) is 0.282. The molecule has 0 aliphatic carbocycles. The molecule has 0 aliphatic heterocycles. The van der Waals surface area contributed by atoms with Crippen molar-refractivity contribution in [1.82, 2.24) is 4.98 Å². The molecule has 1 aromatic heterocycles. The van der Waals surface area contributed by atoms with Gasteiger partial charge in [-0.05, 0) is 6.04 Å². The first-order chi connectivity index (χ1) is 5.04. The molecule has 2 nitrogen and oxygen atoms in total. The molecular weight excluding hydrogens is 124 g/mol. The quantitative estimate of drug-likeness (QED) is 0.577. The van der Waals surface area contributed by atoms with Crippen molar-refractivity contribution in [3.05, 3.63) is 23.4 Å². The molecule has 2 N–H and O–H groups in total. The monoisotopic (exact) mass is 131 g/mol. The van der Waals surface area contributed by atoms with E-state index in [0.717, 1.165) is 0 Å². The van der Waals surface area contributed by atoms with Crippen molar-refractivity contribution in [2.24, 2.45) is 0 Å². The lowest BCUT2D eigenvalue weighted by Gasteiger charge is -1.90. The van der Waals surface area contributed by atoms with Crippen LogP contribution in [0.25, 0.3) is 0 Å². The molecule has 1 heterocycles. The van der Waals surface area contributed by atoms with Gasteiger partial charge in [0.15, 0.2) is 0 Å². The number of hydrogen-bond donors (Lipinski definition) is 1. The van der Waals surface area contributed by atoms with Gasteiger partial charge in [-0.25, -0.2) is 0 Å². The Bertz CT molecular complexity index is 276. The Balaban J connectivity index is 3.46. The Morgan fingerprint density at radius 1 is 1.88 bits per heavy atom. The first-order valence-electron chi connectivity index (χ1n) is 3.42. The normalized spacial score (nSPS) is 14.4. The summed E-state index contributed by atoms with van der Waals surface area (Å²) in [4.78, 5) is 3.37. The third kappa shape index (κ3) is 0.898. The lowest BCUT2D eigenvalue weighted by atomic mass is 10.4. The highest BCUT2D eigenvalue weighted by atomic mass is 35.5. The van der Waals surface area contributed by atoms with Crippen molar-refractivity contribution in [1.29, 1.82) is 0 Å². The summed E-state index contributed by atoms with van der Waals surface area (Å²) in [7, 11) is 0. The second kappa shape index (κ2) is 2.01. The number of aromatic nitrogens is 1. The van der Waals surface area contributed by atoms with Crippen LogP contribution in [-0.2, 0) is 0 Å². The number of nitrogen functional groups attached to an aromatic ring is 1. The van der Waals surface area contributed by atoms with Gasteiger partial charge in [-0.1, -0.05) is 11.6 Å². The molecule has 0 amide bonds. The van der Waals surface area contributed by atoms with Crippen molar-refractivity contribution in [2.75, 3.05) is 5.73 Å². The molecule has 0 unspecified atom stereocenters. The molecule has 1 aromatic rings. The molecule has 0 radical (unpaired) electrons. The molecule has 1 rings (SSSR count). The minimum Gasteiger partial charge on any atom is -0.396 e. The van der Waals surface area contributed by atoms with Gasteiger partial charge in [0.1, 0.15) is 0 Å². The van der Waals surface area contributed by atoms with E-state index in [0.29, 0.717) is 0 Å². The van der Waals surface area contributed by atoms with E-state index >= 15 is 0 Å². The maximum absolute atomic E-state index is 7.14. The van der Waals surface area contributed by atoms with Crippen LogP contribution >= 0.6 is 11.6 Å². The van der Waals surface area contributed by atoms with E-state index in [1.54, 1.807) is 0 Å². The molecule has 0 aliphatic rings. The summed E-state index contributed by atoms with van der Waals surface area (Å²) in [6, 6.07) is -0.236. The highest BCUT2D eigenvalue weighted by Crippen LogP contribution is 2.13. The number of nitrogens with two attached hydrogens (primary N) is 1. The molecule has 8 heavy (non-hydrogen) atoms. The molecule has 0 spiro atoms. The largest absolute Gasteiger partial charge is 0.396 e. The van der Waals surface area contributed by atoms with Crippen LogP contribution in [0.5, 0.6) is 0 Å². The van der Waals surface area contributed by atoms with Crippen LogP contribution in [0.2, 0.25) is 5.02 Å². The first kappa shape index (κ1) is 2.69. The average molecular weight is 132 g/mol. The minimum atomic E-state index is -0.325. The van der Waals surface area contributed by atoms with Gasteiger partial charge in [-0.15, -0.1) is 0 Å². The molecule has 3 heteroatoms. The van der Waals surface area contributed by atoms with Gasteiger partial charge in [0.05, 0.1) is 21.0 Å². The van der Waals surface area contributed by atoms with Gasteiger partial charge in [-0.2, -0.15) is 0 Å². The molecule has 0 fully saturated rings. The fourth-order valence-corrected chi connectivity index (χ4v) is 0.366. The van der Waals surface area contributed by atoms with Gasteiger partial charge in [0.25, 0.3) is 0 Å². The number of halogens is 1. The van der Waals surface area contributed by atoms with Crippen LogP contribution in [0.1, 0.15) is 4.11 Å². The van der Waals surface area contributed by atoms with Crippen LogP contribution in [0.4, 0.5) is 5.69 Å². The van der Waals surface area contributed by atoms with Crippen LogP contribution in [0.3, 0.4) is 0 Å². The standard InChI is InChI=1S/C5H5ClN2/c6-4-1-2-8-3-5(4)7/h1-3H,7H2/i1D,2D,3D. The van der Waals surface area contributed by atoms with Gasteiger partial charge < -0.3 is 5.73 Å². The summed E-state index contributed by atoms with van der Waals surface area (Å²) >= 11 is 5.50. The molecule has 0 atom stereocenters. The molecule has 0 saturated heterocycles. The van der Waals surface area contributed by atoms with E-state index in [1.807, 2.05) is 0 Å². The summed E-state index contributed by atoms with van der Waals surface area (Å²) in [5.74, 6) is 0. The zero-order chi connectivity index (χ0) is 8.59. The maximum Gasteiger partial charge on any atom is 0.0863 e. The SMILES string of the molecule is [2H]c1nc([2H])c(N)c(Cl)c1[2H]. The van der Waals surface area contributed by atoms with Crippen molar-refractivity contribution < 1.29 is 4.11 Å². The highest BCUT2D eigenvalue weighted by molar-refractivity contribution is 6.32. The third-order valence-electron chi connectivity index (χ3n) is 0.634. The second-order valence-electron chi connectivity index (χ2n) is 1.19. The number of nitrogens with zero attached hydrogens (tertiary/aromatic N) is 1. The minimum absolute atomic E-state index is 0.0485. The van der Waals surface area contributed by atoms with E-state index in [1.165, 1.54) is 0 Å². The van der Waals surface area contributed by atoms with Gasteiger partial charge in [0.2, 0.25) is 0 Å². The fraction of sp³-hybridized carbons (Fsp3) is 0. The van der Waals surface area contributed by atoms with Gasteiger partial charge in [-0.3, -0.25) is 4.98 Å². The van der Waals surface area contributed by atoms with Gasteiger partial charge in [0, 0.05) is 6.17 Å². The van der Waals surface area contributed by atoms with Crippen LogP contribution in [0, 0.1) is 0 Å². The number of hydrogen-bond acceptors (Lipinski definition) is 2. The van der Waals surface area contributed by atoms with Crippen molar-refractivity contribution >= 4 is 17.3 Å². The predicted molar refractivity (Wildman–Crippen MR) is 33.7 cm³/mol. The van der Waals surface area contributed by atoms with E-state index in [2.05, 4.69) is 4.98 Å². The summed E-state index contributed by atoms with van der Waals surface area (Å²) < 4.78 is 21.2. The van der Waals surface area contributed by atoms with Crippen LogP contribution < -0.4 is 5.73 Å². The van der Waals surface area contributed by atoms with Crippen molar-refractivity contribution in [2.45, 2.75) is 0 Å². The Kier molecular flexibility index (Phi) is 0.674. The van der Waals surface area contributed by atoms with Gasteiger partial charge >= 0.3 is 0 Å². The highest BCUT2D eigenvalue weighted by Gasteiger charge is 1.88. The number of pyridine rings is 1. The molecule has 0 aromatic carbocycles. The summed E-state index contributed by atoms with van der Waals surface area (Å²) in [6.07, 6.45) is -0.579. The van der Waals surface area contributed by atoms with Crippen LogP contribution in [0.15, 0.2) is 18.4 Å². The molecular formula is C5H5ClN2. The summed E-state index contributed by atoms with van der Waals surface area (Å²) in [5.41, 5.74) is 5.22. The smallest absolute Gasteiger partial charge is 0.0863 e. The van der Waals surface area contributed by atoms with Crippen molar-refractivity contribution in [3.8, 4) is 0 Å². The number of anilines is 1. The van der Waals surface area contributed by atoms with E-state index in [9.17, 15) is 0 Å². The zero-order valence-electron chi connectivity index (χ0n) is 6.90. The summed E-state index contributed by atoms with van der Waals surface area (Å²) in [6.45, 7) is 0. The lowest BCUT2D eigenvalue weighted by molar-refractivity contribution is 1.33. The molecule has 42 valence electrons. The molecule has 0 saturated carbocycles. The predicted octanol–water partition coefficient (Wildman–Crippen LogP) is 1.32. The van der Waals surface area contributed by atoms with Crippen LogP contribution in [-0.4, -0.2) is 4.98 Å². The Morgan fingerprint density at radius 2 is 2.62 bits per heavy atom. The number of rotatable bonds is 0. The topological polar surface area (TPSA) is 38.9 Å². The lowest BCUT2D eigenvalue weighted by Crippen LogP contribution is -1.85. The van der Waals surface area contributed by atoms with E-state index in [4.69, 9.17) is 21.4 Å². The van der Waals surface area contributed by atoms with E-state index in [-0.39, 0.29) is 29.1 Å². The van der Waals surface area contributed by atoms with E-state index < -0.39 is 0 Å². The second-order valence-corrected chi connectivity index (χ2v) is 1.57. The third-order valence-corrected chi connectivity index (χ3v) is 0.932. The molecule has 0 bridgehead atoms. The first-order valence-corrected chi connectivity index (χ1v) is 2.30. The summed E-state index contributed by atoms with van der Waals surface area (Å²) in [5, 5.41) is -0.0741. The Hall–Kier alpha value is -0.760. The maximum atomic E-state index is 7.14. The zero-order valence-corrected chi connectivity index (χ0v) is 4.66. The Morgan fingerprint density at radius 3 is 3.38 bits per heavy atom. The van der Waals surface area contributed by atoms with Crippen molar-refractivity contribution in [3.63, 3.8) is 0 Å². The Labute approximate surface area is 56.5 Å². The average Bonchev–Trinajstić information content (AvgIpc) is 1.97.